The molecule has 0 saturated carbocycles. The van der Waals surface area contributed by atoms with Crippen molar-refractivity contribution in [3.63, 3.8) is 0 Å². The fourth-order valence-electron chi connectivity index (χ4n) is 1.98. The molecule has 0 heterocycles. The van der Waals surface area contributed by atoms with Crippen molar-refractivity contribution in [2.24, 2.45) is 5.10 Å². The number of nitrogens with one attached hydrogen (secondary N) is 2. The summed E-state index contributed by atoms with van der Waals surface area (Å²) in [4.78, 5) is 23.8. The number of ether oxygens (including phenoxy) is 1. The highest BCUT2D eigenvalue weighted by Gasteiger charge is 2.08. The standard InChI is InChI=1S/C19H20BrN3O3/c1-2-11-26-16-9-7-14(8-10-16)19(25)21-13-18(24)23-22-12-15-5-3-4-6-17(15)20/h3-10,12H,2,11,13H2,1H3,(H,21,25)(H,23,24). The highest BCUT2D eigenvalue weighted by atomic mass is 79.9. The van der Waals surface area contributed by atoms with E-state index in [0.29, 0.717) is 17.9 Å². The Morgan fingerprint density at radius 3 is 2.58 bits per heavy atom. The molecular weight excluding hydrogens is 398 g/mol. The molecule has 2 aromatic carbocycles. The molecule has 0 atom stereocenters. The lowest BCUT2D eigenvalue weighted by molar-refractivity contribution is -0.120. The Bertz CT molecular complexity index is 776. The van der Waals surface area contributed by atoms with Gasteiger partial charge in [-0.15, -0.1) is 0 Å². The number of hydrazone groups is 1. The highest BCUT2D eigenvalue weighted by molar-refractivity contribution is 9.10. The molecule has 2 rings (SSSR count). The molecule has 0 radical (unpaired) electrons. The molecule has 0 unspecified atom stereocenters. The zero-order valence-electron chi connectivity index (χ0n) is 14.4. The molecule has 0 bridgehead atoms. The number of halogens is 1. The van der Waals surface area contributed by atoms with Crippen LogP contribution >= 0.6 is 15.9 Å². The van der Waals surface area contributed by atoms with Gasteiger partial charge in [-0.2, -0.15) is 5.10 Å². The predicted molar refractivity (Wildman–Crippen MR) is 104 cm³/mol. The summed E-state index contributed by atoms with van der Waals surface area (Å²) in [7, 11) is 0. The SMILES string of the molecule is CCCOc1ccc(C(=O)NCC(=O)NN=Cc2ccccc2Br)cc1. The predicted octanol–water partition coefficient (Wildman–Crippen LogP) is 3.12. The largest absolute Gasteiger partial charge is 0.494 e. The average molecular weight is 418 g/mol. The molecule has 0 aliphatic heterocycles. The quantitative estimate of drug-likeness (QED) is 0.511. The Hall–Kier alpha value is -2.67. The number of hydrogen-bond acceptors (Lipinski definition) is 4. The van der Waals surface area contributed by atoms with Gasteiger partial charge in [-0.3, -0.25) is 9.59 Å². The van der Waals surface area contributed by atoms with Crippen molar-refractivity contribution in [1.82, 2.24) is 10.7 Å². The van der Waals surface area contributed by atoms with Gasteiger partial charge >= 0.3 is 0 Å². The molecule has 7 heteroatoms. The van der Waals surface area contributed by atoms with Crippen molar-refractivity contribution in [3.8, 4) is 5.75 Å². The van der Waals surface area contributed by atoms with Crippen molar-refractivity contribution in [2.75, 3.05) is 13.2 Å². The van der Waals surface area contributed by atoms with E-state index in [9.17, 15) is 9.59 Å². The monoisotopic (exact) mass is 417 g/mol. The molecule has 6 nitrogen and oxygen atoms in total. The number of rotatable bonds is 8. The first-order valence-electron chi connectivity index (χ1n) is 8.17. The summed E-state index contributed by atoms with van der Waals surface area (Å²) in [5, 5.41) is 6.42. The fraction of sp³-hybridized carbons (Fsp3) is 0.211. The number of benzene rings is 2. The van der Waals surface area contributed by atoms with Gasteiger partial charge in [0.1, 0.15) is 5.75 Å². The second-order valence-corrected chi connectivity index (χ2v) is 6.22. The molecule has 0 spiro atoms. The maximum Gasteiger partial charge on any atom is 0.259 e. The molecule has 2 amide bonds. The van der Waals surface area contributed by atoms with Crippen molar-refractivity contribution in [2.45, 2.75) is 13.3 Å². The molecule has 0 aliphatic carbocycles. The van der Waals surface area contributed by atoms with Gasteiger partial charge in [-0.1, -0.05) is 41.1 Å². The molecule has 26 heavy (non-hydrogen) atoms. The van der Waals surface area contributed by atoms with Gasteiger partial charge in [-0.05, 0) is 36.8 Å². The first-order valence-corrected chi connectivity index (χ1v) is 8.97. The van der Waals surface area contributed by atoms with E-state index in [0.717, 1.165) is 16.5 Å². The molecule has 0 aliphatic rings. The van der Waals surface area contributed by atoms with Crippen LogP contribution in [0.15, 0.2) is 58.1 Å². The zero-order chi connectivity index (χ0) is 18.8. The molecule has 0 aromatic heterocycles. The molecule has 136 valence electrons. The second-order valence-electron chi connectivity index (χ2n) is 5.37. The van der Waals surface area contributed by atoms with Crippen LogP contribution in [0.3, 0.4) is 0 Å². The topological polar surface area (TPSA) is 79.8 Å². The zero-order valence-corrected chi connectivity index (χ0v) is 16.0. The van der Waals surface area contributed by atoms with Crippen LogP contribution in [-0.2, 0) is 4.79 Å². The Labute approximate surface area is 160 Å². The Morgan fingerprint density at radius 2 is 1.88 bits per heavy atom. The number of amides is 2. The Morgan fingerprint density at radius 1 is 1.15 bits per heavy atom. The van der Waals surface area contributed by atoms with Crippen molar-refractivity contribution in [3.05, 3.63) is 64.1 Å². The van der Waals surface area contributed by atoms with E-state index < -0.39 is 5.91 Å². The minimum Gasteiger partial charge on any atom is -0.494 e. The van der Waals surface area contributed by atoms with Gasteiger partial charge in [0, 0.05) is 15.6 Å². The summed E-state index contributed by atoms with van der Waals surface area (Å²) in [5.41, 5.74) is 3.66. The summed E-state index contributed by atoms with van der Waals surface area (Å²) in [5.74, 6) is -0.0379. The van der Waals surface area contributed by atoms with Crippen molar-refractivity contribution in [1.29, 1.82) is 0 Å². The smallest absolute Gasteiger partial charge is 0.259 e. The average Bonchev–Trinajstić information content (AvgIpc) is 2.66. The van der Waals surface area contributed by atoms with Gasteiger partial charge < -0.3 is 10.1 Å². The first kappa shape index (κ1) is 19.7. The number of carbonyl (C=O) groups excluding carboxylic acids is 2. The van der Waals surface area contributed by atoms with Crippen molar-refractivity contribution < 1.29 is 14.3 Å². The number of nitrogens with zero attached hydrogens (tertiary/aromatic N) is 1. The number of hydrogen-bond donors (Lipinski definition) is 2. The summed E-state index contributed by atoms with van der Waals surface area (Å²) < 4.78 is 6.34. The summed E-state index contributed by atoms with van der Waals surface area (Å²) in [6.45, 7) is 2.49. The van der Waals surface area contributed by atoms with Gasteiger partial charge in [0.2, 0.25) is 0 Å². The third-order valence-corrected chi connectivity index (χ3v) is 4.02. The summed E-state index contributed by atoms with van der Waals surface area (Å²) >= 11 is 3.39. The fourth-order valence-corrected chi connectivity index (χ4v) is 2.37. The van der Waals surface area contributed by atoms with E-state index in [1.807, 2.05) is 31.2 Å². The normalized spacial score (nSPS) is 10.5. The third-order valence-electron chi connectivity index (χ3n) is 3.30. The lowest BCUT2D eigenvalue weighted by Gasteiger charge is -2.07. The van der Waals surface area contributed by atoms with Gasteiger partial charge in [0.25, 0.3) is 11.8 Å². The van der Waals surface area contributed by atoms with Crippen LogP contribution in [0.4, 0.5) is 0 Å². The first-order chi connectivity index (χ1) is 12.6. The van der Waals surface area contributed by atoms with Gasteiger partial charge in [0.05, 0.1) is 19.4 Å². The highest BCUT2D eigenvalue weighted by Crippen LogP contribution is 2.13. The lowest BCUT2D eigenvalue weighted by atomic mass is 10.2. The Kier molecular flexibility index (Phi) is 7.82. The van der Waals surface area contributed by atoms with E-state index in [2.05, 4.69) is 31.8 Å². The molecule has 0 fully saturated rings. The second kappa shape index (κ2) is 10.4. The Balaban J connectivity index is 1.77. The van der Waals surface area contributed by atoms with E-state index >= 15 is 0 Å². The van der Waals surface area contributed by atoms with Crippen molar-refractivity contribution >= 4 is 34.0 Å². The minimum absolute atomic E-state index is 0.166. The van der Waals surface area contributed by atoms with E-state index in [1.54, 1.807) is 24.3 Å². The van der Waals surface area contributed by atoms with Gasteiger partial charge in [-0.25, -0.2) is 5.43 Å². The maximum atomic E-state index is 12.0. The van der Waals surface area contributed by atoms with Crippen LogP contribution in [0.5, 0.6) is 5.75 Å². The van der Waals surface area contributed by atoms with Crippen LogP contribution in [0.25, 0.3) is 0 Å². The van der Waals surface area contributed by atoms with E-state index in [1.165, 1.54) is 6.21 Å². The third kappa shape index (κ3) is 6.33. The molecular formula is C19H20BrN3O3. The molecule has 2 aromatic rings. The van der Waals surface area contributed by atoms with Crippen LogP contribution in [0, 0.1) is 0 Å². The minimum atomic E-state index is -0.412. The summed E-state index contributed by atoms with van der Waals surface area (Å²) in [6, 6.07) is 14.3. The maximum absolute atomic E-state index is 12.0. The van der Waals surface area contributed by atoms with Crippen LogP contribution in [0.2, 0.25) is 0 Å². The van der Waals surface area contributed by atoms with Crippen LogP contribution < -0.4 is 15.5 Å². The van der Waals surface area contributed by atoms with E-state index in [-0.39, 0.29) is 12.5 Å². The van der Waals surface area contributed by atoms with Gasteiger partial charge in [0.15, 0.2) is 0 Å². The molecule has 0 saturated heterocycles. The number of carbonyl (C=O) groups is 2. The summed E-state index contributed by atoms with van der Waals surface area (Å²) in [6.07, 6.45) is 2.44. The lowest BCUT2D eigenvalue weighted by Crippen LogP contribution is -2.34. The van der Waals surface area contributed by atoms with Crippen LogP contribution in [0.1, 0.15) is 29.3 Å². The molecule has 2 N–H and O–H groups in total. The van der Waals surface area contributed by atoms with E-state index in [4.69, 9.17) is 4.74 Å². The van der Waals surface area contributed by atoms with Crippen LogP contribution in [-0.4, -0.2) is 31.2 Å².